The normalized spacial score (nSPS) is 33.2. The van der Waals surface area contributed by atoms with Gasteiger partial charge in [-0.1, -0.05) is 0 Å². The first-order valence-electron chi connectivity index (χ1n) is 6.07. The van der Waals surface area contributed by atoms with Gasteiger partial charge >= 0.3 is 6.09 Å². The van der Waals surface area contributed by atoms with E-state index in [1.165, 1.54) is 7.11 Å². The van der Waals surface area contributed by atoms with Gasteiger partial charge in [0.1, 0.15) is 5.78 Å². The van der Waals surface area contributed by atoms with E-state index >= 15 is 0 Å². The zero-order valence-electron chi connectivity index (χ0n) is 10.1. The van der Waals surface area contributed by atoms with E-state index in [-0.39, 0.29) is 29.8 Å². The Labute approximate surface area is 101 Å². The molecule has 1 aliphatic carbocycles. The predicted molar refractivity (Wildman–Crippen MR) is 60.5 cm³/mol. The molecule has 2 fully saturated rings. The number of aliphatic hydroxyl groups is 1. The van der Waals surface area contributed by atoms with Gasteiger partial charge in [-0.25, -0.2) is 4.79 Å². The molecule has 0 aromatic carbocycles. The van der Waals surface area contributed by atoms with Crippen LogP contribution in [0.2, 0.25) is 0 Å². The lowest BCUT2D eigenvalue weighted by molar-refractivity contribution is -0.129. The number of carbonyl (C=O) groups is 2. The summed E-state index contributed by atoms with van der Waals surface area (Å²) in [6.45, 7) is 1.17. The van der Waals surface area contributed by atoms with Crippen LogP contribution in [0.4, 0.5) is 4.79 Å². The van der Waals surface area contributed by atoms with E-state index in [0.29, 0.717) is 32.4 Å². The van der Waals surface area contributed by atoms with Gasteiger partial charge in [0.25, 0.3) is 0 Å². The van der Waals surface area contributed by atoms with Crippen LogP contribution in [0.5, 0.6) is 0 Å². The van der Waals surface area contributed by atoms with Crippen LogP contribution in [-0.4, -0.2) is 48.7 Å². The monoisotopic (exact) mass is 241 g/mol. The number of Topliss-reactive ketones (excluding diaryl/α,β-unsaturated/α-hetero) is 1. The lowest BCUT2D eigenvalue weighted by atomic mass is 9.63. The molecular formula is C12H19NO4. The van der Waals surface area contributed by atoms with Crippen molar-refractivity contribution < 1.29 is 19.4 Å². The van der Waals surface area contributed by atoms with E-state index in [2.05, 4.69) is 0 Å². The molecule has 0 aromatic heterocycles. The third-order valence-electron chi connectivity index (χ3n) is 4.24. The summed E-state index contributed by atoms with van der Waals surface area (Å²) >= 11 is 0. The fraction of sp³-hybridized carbons (Fsp3) is 0.833. The molecule has 1 amide bonds. The molecule has 0 bridgehead atoms. The SMILES string of the molecule is COC(=O)N1CC[C@@H]2CC(=O)CC[C@@]2(CO)C1. The Kier molecular flexibility index (Phi) is 3.38. The Morgan fingerprint density at radius 1 is 1.65 bits per heavy atom. The average molecular weight is 241 g/mol. The molecule has 0 spiro atoms. The number of ether oxygens (including phenoxy) is 1. The van der Waals surface area contributed by atoms with Crippen molar-refractivity contribution in [1.82, 2.24) is 4.90 Å². The first-order chi connectivity index (χ1) is 8.11. The molecule has 2 aliphatic rings. The second kappa shape index (κ2) is 4.64. The highest BCUT2D eigenvalue weighted by atomic mass is 16.5. The number of methoxy groups -OCH3 is 1. The van der Waals surface area contributed by atoms with Crippen LogP contribution in [0.3, 0.4) is 0 Å². The minimum atomic E-state index is -0.340. The van der Waals surface area contributed by atoms with Crippen molar-refractivity contribution in [2.45, 2.75) is 25.7 Å². The molecule has 1 aliphatic heterocycles. The van der Waals surface area contributed by atoms with Crippen LogP contribution in [0.1, 0.15) is 25.7 Å². The van der Waals surface area contributed by atoms with E-state index in [1.54, 1.807) is 4.90 Å². The van der Waals surface area contributed by atoms with Crippen LogP contribution in [0, 0.1) is 11.3 Å². The molecule has 1 heterocycles. The van der Waals surface area contributed by atoms with Gasteiger partial charge in [0.2, 0.25) is 0 Å². The predicted octanol–water partition coefficient (Wildman–Crippen LogP) is 0.806. The summed E-state index contributed by atoms with van der Waals surface area (Å²) in [4.78, 5) is 24.6. The number of aliphatic hydroxyl groups excluding tert-OH is 1. The number of hydrogen-bond donors (Lipinski definition) is 1. The number of hydrogen-bond acceptors (Lipinski definition) is 4. The minimum Gasteiger partial charge on any atom is -0.453 e. The zero-order chi connectivity index (χ0) is 12.5. The average Bonchev–Trinajstić information content (AvgIpc) is 2.37. The topological polar surface area (TPSA) is 66.8 Å². The Morgan fingerprint density at radius 3 is 3.06 bits per heavy atom. The van der Waals surface area contributed by atoms with Crippen molar-refractivity contribution >= 4 is 11.9 Å². The molecule has 5 heteroatoms. The van der Waals surface area contributed by atoms with Crippen LogP contribution in [-0.2, 0) is 9.53 Å². The van der Waals surface area contributed by atoms with E-state index in [9.17, 15) is 14.7 Å². The number of ketones is 1. The van der Waals surface area contributed by atoms with Gasteiger partial charge in [0.15, 0.2) is 0 Å². The number of nitrogens with zero attached hydrogens (tertiary/aromatic N) is 1. The van der Waals surface area contributed by atoms with E-state index in [4.69, 9.17) is 4.74 Å². The molecule has 96 valence electrons. The number of amides is 1. The third-order valence-corrected chi connectivity index (χ3v) is 4.24. The van der Waals surface area contributed by atoms with Gasteiger partial charge in [0, 0.05) is 31.3 Å². The van der Waals surface area contributed by atoms with Crippen molar-refractivity contribution in [3.05, 3.63) is 0 Å². The number of piperidine rings is 1. The Hall–Kier alpha value is -1.10. The first kappa shape index (κ1) is 12.4. The van der Waals surface area contributed by atoms with E-state index in [1.807, 2.05) is 0 Å². The molecule has 2 rings (SSSR count). The maximum atomic E-state index is 11.5. The third kappa shape index (κ3) is 2.16. The second-order valence-electron chi connectivity index (χ2n) is 5.14. The van der Waals surface area contributed by atoms with Crippen molar-refractivity contribution in [2.75, 3.05) is 26.8 Å². The van der Waals surface area contributed by atoms with Gasteiger partial charge in [-0.2, -0.15) is 0 Å². The number of likely N-dealkylation sites (tertiary alicyclic amines) is 1. The fourth-order valence-electron chi connectivity index (χ4n) is 3.12. The van der Waals surface area contributed by atoms with Crippen LogP contribution < -0.4 is 0 Å². The van der Waals surface area contributed by atoms with Gasteiger partial charge in [-0.05, 0) is 18.8 Å². The smallest absolute Gasteiger partial charge is 0.409 e. The molecular weight excluding hydrogens is 222 g/mol. The number of carbonyl (C=O) groups excluding carboxylic acids is 2. The molecule has 5 nitrogen and oxygen atoms in total. The fourth-order valence-corrected chi connectivity index (χ4v) is 3.12. The van der Waals surface area contributed by atoms with Crippen LogP contribution >= 0.6 is 0 Å². The quantitative estimate of drug-likeness (QED) is 0.737. The largest absolute Gasteiger partial charge is 0.453 e. The highest BCUT2D eigenvalue weighted by molar-refractivity contribution is 5.80. The molecule has 0 radical (unpaired) electrons. The molecule has 0 aromatic rings. The van der Waals surface area contributed by atoms with Gasteiger partial charge < -0.3 is 14.7 Å². The van der Waals surface area contributed by atoms with Gasteiger partial charge in [0.05, 0.1) is 13.7 Å². The Bertz CT molecular complexity index is 330. The number of rotatable bonds is 1. The van der Waals surface area contributed by atoms with Crippen molar-refractivity contribution in [3.63, 3.8) is 0 Å². The van der Waals surface area contributed by atoms with E-state index < -0.39 is 0 Å². The molecule has 1 saturated heterocycles. The summed E-state index contributed by atoms with van der Waals surface area (Å²) in [5.74, 6) is 0.500. The molecule has 1 N–H and O–H groups in total. The molecule has 2 atom stereocenters. The summed E-state index contributed by atoms with van der Waals surface area (Å²) in [7, 11) is 1.37. The summed E-state index contributed by atoms with van der Waals surface area (Å²) < 4.78 is 4.72. The lowest BCUT2D eigenvalue weighted by Crippen LogP contribution is -2.54. The summed E-state index contributed by atoms with van der Waals surface area (Å²) in [5.41, 5.74) is -0.291. The second-order valence-corrected chi connectivity index (χ2v) is 5.14. The Morgan fingerprint density at radius 2 is 2.41 bits per heavy atom. The Balaban J connectivity index is 2.13. The molecule has 0 unspecified atom stereocenters. The lowest BCUT2D eigenvalue weighted by Gasteiger charge is -2.49. The summed E-state index contributed by atoms with van der Waals surface area (Å²) in [5, 5.41) is 9.65. The van der Waals surface area contributed by atoms with Gasteiger partial charge in [-0.3, -0.25) is 4.79 Å². The number of fused-ring (bicyclic) bond motifs is 1. The highest BCUT2D eigenvalue weighted by Gasteiger charge is 2.47. The standard InChI is InChI=1S/C12H19NO4/c1-17-11(16)13-5-3-9-6-10(15)2-4-12(9,7-13)8-14/h9,14H,2-8H2,1H3/t9-,12+/m1/s1. The zero-order valence-corrected chi connectivity index (χ0v) is 10.1. The van der Waals surface area contributed by atoms with Crippen molar-refractivity contribution in [1.29, 1.82) is 0 Å². The first-order valence-corrected chi connectivity index (χ1v) is 6.07. The van der Waals surface area contributed by atoms with Crippen molar-refractivity contribution in [2.24, 2.45) is 11.3 Å². The van der Waals surface area contributed by atoms with Crippen molar-refractivity contribution in [3.8, 4) is 0 Å². The maximum Gasteiger partial charge on any atom is 0.409 e. The summed E-state index contributed by atoms with van der Waals surface area (Å²) in [6, 6.07) is 0. The van der Waals surface area contributed by atoms with Gasteiger partial charge in [-0.15, -0.1) is 0 Å². The molecule has 17 heavy (non-hydrogen) atoms. The minimum absolute atomic E-state index is 0.0401. The maximum absolute atomic E-state index is 11.5. The van der Waals surface area contributed by atoms with Crippen LogP contribution in [0.25, 0.3) is 0 Å². The van der Waals surface area contributed by atoms with Crippen LogP contribution in [0.15, 0.2) is 0 Å². The summed E-state index contributed by atoms with van der Waals surface area (Å²) in [6.07, 6.45) is 2.19. The molecule has 1 saturated carbocycles. The highest BCUT2D eigenvalue weighted by Crippen LogP contribution is 2.45. The van der Waals surface area contributed by atoms with E-state index in [0.717, 1.165) is 6.42 Å².